The minimum Gasteiger partial charge on any atom is -0.615 e. The molecular weight excluding hydrogens is 590 g/mol. The van der Waals surface area contributed by atoms with Crippen LogP contribution in [0.15, 0.2) is 21.4 Å². The van der Waals surface area contributed by atoms with Crippen LogP contribution in [0.5, 0.6) is 0 Å². The van der Waals surface area contributed by atoms with E-state index in [0.29, 0.717) is 68.7 Å². The van der Waals surface area contributed by atoms with Gasteiger partial charge in [0.15, 0.2) is 17.5 Å². The maximum atomic E-state index is 14.2. The van der Waals surface area contributed by atoms with Gasteiger partial charge in [-0.05, 0) is 94.6 Å². The van der Waals surface area contributed by atoms with Crippen LogP contribution in [0.4, 0.5) is 0 Å². The van der Waals surface area contributed by atoms with Gasteiger partial charge in [0.2, 0.25) is 0 Å². The highest BCUT2D eigenvalue weighted by atomic mass is 32.3. The van der Waals surface area contributed by atoms with E-state index in [9.17, 15) is 29.3 Å². The lowest BCUT2D eigenvalue weighted by Gasteiger charge is -2.35. The zero-order valence-electron chi connectivity index (χ0n) is 25.6. The number of rotatable bonds is 15. The zero-order valence-corrected chi connectivity index (χ0v) is 26.4. The fraction of sp³-hybridized carbons (Fsp3) is 0.867. The Kier molecular flexibility index (Phi) is 13.0. The number of nitrogens with one attached hydrogen (secondary N) is 1. The third kappa shape index (κ3) is 8.60. The van der Waals surface area contributed by atoms with Gasteiger partial charge >= 0.3 is 0 Å². The average molecular weight is 640 g/mol. The fourth-order valence-corrected chi connectivity index (χ4v) is 8.97. The van der Waals surface area contributed by atoms with Crippen molar-refractivity contribution in [2.24, 2.45) is 16.0 Å². The fourth-order valence-electron chi connectivity index (χ4n) is 6.99. The number of sulfone groups is 1. The van der Waals surface area contributed by atoms with E-state index < -0.39 is 45.7 Å². The molecule has 14 heteroatoms. The number of carbonyl (C=O) groups excluding carboxylic acids is 1. The molecule has 1 heterocycles. The number of nitrogens with zero attached hydrogens (tertiary/aromatic N) is 4. The van der Waals surface area contributed by atoms with Crippen LogP contribution in [-0.4, -0.2) is 92.9 Å². The van der Waals surface area contributed by atoms with E-state index in [2.05, 4.69) is 15.3 Å². The molecule has 2 unspecified atom stereocenters. The molecule has 3 aliphatic carbocycles. The molecule has 1 amide bonds. The van der Waals surface area contributed by atoms with Crippen LogP contribution in [0.3, 0.4) is 0 Å². The van der Waals surface area contributed by atoms with E-state index in [-0.39, 0.29) is 37.3 Å². The Balaban J connectivity index is 1.68. The molecule has 0 aromatic carbocycles. The molecule has 2 fully saturated rings. The lowest BCUT2D eigenvalue weighted by Crippen LogP contribution is -2.55. The van der Waals surface area contributed by atoms with Gasteiger partial charge in [0, 0.05) is 52.9 Å². The minimum absolute atomic E-state index is 0.0573. The molecule has 4 aliphatic rings. The van der Waals surface area contributed by atoms with Crippen LogP contribution in [0, 0.1) is 5.92 Å². The first kappa shape index (κ1) is 34.8. The molecule has 1 aliphatic heterocycles. The zero-order chi connectivity index (χ0) is 31.6. The van der Waals surface area contributed by atoms with Crippen LogP contribution >= 0.6 is 0 Å². The molecule has 2 saturated carbocycles. The van der Waals surface area contributed by atoms with E-state index in [1.165, 1.54) is 0 Å². The summed E-state index contributed by atoms with van der Waals surface area (Å²) in [5.41, 5.74) is 8.84. The summed E-state index contributed by atoms with van der Waals surface area (Å²) in [6.07, 6.45) is 7.90. The highest BCUT2D eigenvalue weighted by molar-refractivity contribution is 7.98. The number of allylic oxidation sites excluding steroid dienone is 1. The van der Waals surface area contributed by atoms with Crippen molar-refractivity contribution < 1.29 is 38.3 Å². The first-order chi connectivity index (χ1) is 21.2. The summed E-state index contributed by atoms with van der Waals surface area (Å²) < 4.78 is 39.7. The molecule has 0 bridgehead atoms. The van der Waals surface area contributed by atoms with Gasteiger partial charge < -0.3 is 34.7 Å². The second-order valence-corrected chi connectivity index (χ2v) is 15.0. The second-order valence-electron chi connectivity index (χ2n) is 12.6. The van der Waals surface area contributed by atoms with Crippen LogP contribution in [0.1, 0.15) is 96.3 Å². The Labute approximate surface area is 260 Å². The molecule has 0 spiro atoms. The van der Waals surface area contributed by atoms with Crippen molar-refractivity contribution in [1.82, 2.24) is 5.32 Å². The molecule has 0 saturated heterocycles. The summed E-state index contributed by atoms with van der Waals surface area (Å²) in [7, 11) is -3.54. The monoisotopic (exact) mass is 639 g/mol. The molecule has 13 nitrogen and oxygen atoms in total. The molecule has 248 valence electrons. The highest BCUT2D eigenvalue weighted by Gasteiger charge is 2.56. The summed E-state index contributed by atoms with van der Waals surface area (Å²) in [5, 5.41) is 34.7. The van der Waals surface area contributed by atoms with Gasteiger partial charge in [0.05, 0.1) is 18.8 Å². The number of ether oxygens (including phenoxy) is 2. The smallest absolute Gasteiger partial charge is 0.252 e. The number of amides is 1. The first-order valence-corrected chi connectivity index (χ1v) is 18.0. The van der Waals surface area contributed by atoms with Gasteiger partial charge in [-0.3, -0.25) is 4.79 Å². The van der Waals surface area contributed by atoms with Crippen molar-refractivity contribution in [3.05, 3.63) is 21.7 Å². The number of hydrogen-bond acceptors (Lipinski definition) is 10. The predicted molar refractivity (Wildman–Crippen MR) is 164 cm³/mol. The first-order valence-electron chi connectivity index (χ1n) is 16.3. The number of carbonyl (C=O) groups is 1. The maximum Gasteiger partial charge on any atom is 0.252 e. The van der Waals surface area contributed by atoms with Crippen molar-refractivity contribution in [2.45, 2.75) is 125 Å². The Morgan fingerprint density at radius 1 is 1.16 bits per heavy atom. The van der Waals surface area contributed by atoms with E-state index >= 15 is 0 Å². The van der Waals surface area contributed by atoms with Gasteiger partial charge in [0.1, 0.15) is 11.0 Å². The summed E-state index contributed by atoms with van der Waals surface area (Å²) in [5.74, 6) is -0.534. The third-order valence-corrected chi connectivity index (χ3v) is 11.8. The number of azide groups is 1. The Morgan fingerprint density at radius 3 is 2.57 bits per heavy atom. The number of hydrogen-bond donors (Lipinski definition) is 4. The number of aliphatic hydroxyl groups excluding tert-OH is 3. The van der Waals surface area contributed by atoms with Gasteiger partial charge in [-0.25, -0.2) is 4.99 Å². The maximum absolute atomic E-state index is 14.2. The lowest BCUT2D eigenvalue weighted by atomic mass is 9.80. The van der Waals surface area contributed by atoms with Gasteiger partial charge in [0.25, 0.3) is 5.91 Å². The lowest BCUT2D eigenvalue weighted by molar-refractivity contribution is -0.128. The van der Waals surface area contributed by atoms with Gasteiger partial charge in [-0.1, -0.05) is 11.5 Å². The molecule has 4 N–H and O–H groups in total. The highest BCUT2D eigenvalue weighted by Crippen LogP contribution is 2.44. The second kappa shape index (κ2) is 16.5. The van der Waals surface area contributed by atoms with Crippen molar-refractivity contribution in [2.75, 3.05) is 32.1 Å². The van der Waals surface area contributed by atoms with E-state index in [0.717, 1.165) is 44.9 Å². The molecule has 44 heavy (non-hydrogen) atoms. The van der Waals surface area contributed by atoms with Crippen molar-refractivity contribution in [3.63, 3.8) is 0 Å². The Hall–Kier alpha value is -2.06. The molecule has 0 aromatic rings. The minimum atomic E-state index is -3.54. The molecule has 4 rings (SSSR count). The summed E-state index contributed by atoms with van der Waals surface area (Å²) in [6, 6.07) is 0. The Morgan fingerprint density at radius 2 is 1.89 bits per heavy atom. The summed E-state index contributed by atoms with van der Waals surface area (Å²) in [4.78, 5) is 22.2. The average Bonchev–Trinajstić information content (AvgIpc) is 3.44. The molecule has 0 aromatic heterocycles. The SMILES string of the molecule is [N-]=[N+]=NC1=C([C@H]2OC(C3CCC(OCCCO)CC3)=N[C@@]2(CC[S+](=O)([O-])C2CCCCC2)C(=O)NCC(O)CO)CCCC1. The van der Waals surface area contributed by atoms with Crippen LogP contribution in [0.25, 0.3) is 10.4 Å². The topological polar surface area (TPSA) is 210 Å². The van der Waals surface area contributed by atoms with Crippen molar-refractivity contribution in [1.29, 1.82) is 0 Å². The van der Waals surface area contributed by atoms with E-state index in [1.807, 2.05) is 0 Å². The number of aliphatic hydroxyl groups is 3. The van der Waals surface area contributed by atoms with Gasteiger partial charge in [-0.2, -0.15) is 0 Å². The molecule has 0 radical (unpaired) electrons. The Bertz CT molecular complexity index is 1130. The van der Waals surface area contributed by atoms with Crippen LogP contribution in [-0.2, 0) is 28.7 Å². The predicted octanol–water partition coefficient (Wildman–Crippen LogP) is 3.44. The van der Waals surface area contributed by atoms with E-state index in [4.69, 9.17) is 19.6 Å². The third-order valence-electron chi connectivity index (χ3n) is 9.55. The van der Waals surface area contributed by atoms with Crippen molar-refractivity contribution >= 4 is 22.0 Å². The molecule has 4 atom stereocenters. The van der Waals surface area contributed by atoms with Crippen LogP contribution in [0.2, 0.25) is 0 Å². The largest absolute Gasteiger partial charge is 0.615 e. The van der Waals surface area contributed by atoms with E-state index in [1.54, 1.807) is 0 Å². The summed E-state index contributed by atoms with van der Waals surface area (Å²) in [6.45, 7) is -0.221. The summed E-state index contributed by atoms with van der Waals surface area (Å²) >= 11 is 0. The molecular formula is C30H49N5O8S. The number of aliphatic imine (C=N–C) groups is 1. The normalized spacial score (nSPS) is 30.1. The quantitative estimate of drug-likeness (QED) is 0.0684. The van der Waals surface area contributed by atoms with Crippen molar-refractivity contribution in [3.8, 4) is 0 Å². The van der Waals surface area contributed by atoms with Crippen LogP contribution < -0.4 is 5.32 Å². The van der Waals surface area contributed by atoms with Gasteiger partial charge in [-0.15, -0.1) is 4.21 Å². The standard InChI is InChI=1S/C30H49N5O8S/c31-35-34-26-10-5-4-9-25(26)27-30(29(39)32-19-22(38)20-37,15-18-44(40,41)24-7-2-1-3-8-24)33-28(43-27)21-11-13-23(14-12-21)42-17-6-16-36/h21-24,27,36-38H,1-20H2,(H-,32,39,40,41)/t21?,22?,23?,27-,30-/m1/s1.